The van der Waals surface area contributed by atoms with E-state index in [4.69, 9.17) is 4.74 Å². The van der Waals surface area contributed by atoms with Gasteiger partial charge < -0.3 is 15.4 Å². The Morgan fingerprint density at radius 1 is 1.00 bits per heavy atom. The summed E-state index contributed by atoms with van der Waals surface area (Å²) in [6, 6.07) is 13.3. The monoisotopic (exact) mass is 354 g/mol. The van der Waals surface area contributed by atoms with Crippen LogP contribution in [0.2, 0.25) is 0 Å². The highest BCUT2D eigenvalue weighted by Gasteiger charge is 2.19. The fourth-order valence-electron chi connectivity index (χ4n) is 2.60. The van der Waals surface area contributed by atoms with Gasteiger partial charge in [-0.3, -0.25) is 9.59 Å². The number of aryl methyl sites for hydroxylation is 2. The summed E-state index contributed by atoms with van der Waals surface area (Å²) in [7, 11) is 0. The molecule has 0 aliphatic carbocycles. The van der Waals surface area contributed by atoms with Crippen LogP contribution in [0.4, 0.5) is 0 Å². The lowest BCUT2D eigenvalue weighted by Gasteiger charge is -2.18. The molecule has 1 unspecified atom stereocenters. The number of rotatable bonds is 6. The average Bonchev–Trinajstić information content (AvgIpc) is 2.62. The number of benzene rings is 2. The molecule has 1 atom stereocenters. The fourth-order valence-corrected chi connectivity index (χ4v) is 2.60. The minimum Gasteiger partial charge on any atom is -0.494 e. The summed E-state index contributed by atoms with van der Waals surface area (Å²) in [4.78, 5) is 24.3. The zero-order valence-electron chi connectivity index (χ0n) is 15.8. The van der Waals surface area contributed by atoms with Crippen molar-refractivity contribution in [1.82, 2.24) is 10.6 Å². The quantitative estimate of drug-likeness (QED) is 0.783. The number of hydrogen-bond donors (Lipinski definition) is 2. The van der Waals surface area contributed by atoms with Crippen molar-refractivity contribution in [2.75, 3.05) is 6.61 Å². The third-order valence-corrected chi connectivity index (χ3v) is 4.06. The van der Waals surface area contributed by atoms with Gasteiger partial charge >= 0.3 is 11.8 Å². The molecule has 26 heavy (non-hydrogen) atoms. The van der Waals surface area contributed by atoms with Crippen LogP contribution in [0.15, 0.2) is 42.5 Å². The van der Waals surface area contributed by atoms with E-state index in [1.165, 1.54) is 0 Å². The highest BCUT2D eigenvalue weighted by Crippen LogP contribution is 2.26. The average molecular weight is 354 g/mol. The molecule has 0 spiro atoms. The van der Waals surface area contributed by atoms with E-state index >= 15 is 0 Å². The van der Waals surface area contributed by atoms with Crippen molar-refractivity contribution in [3.63, 3.8) is 0 Å². The normalized spacial score (nSPS) is 11.5. The Morgan fingerprint density at radius 3 is 2.31 bits per heavy atom. The smallest absolute Gasteiger partial charge is 0.309 e. The van der Waals surface area contributed by atoms with Gasteiger partial charge in [-0.2, -0.15) is 0 Å². The molecule has 5 nitrogen and oxygen atoms in total. The maximum Gasteiger partial charge on any atom is 0.309 e. The summed E-state index contributed by atoms with van der Waals surface area (Å²) >= 11 is 0. The van der Waals surface area contributed by atoms with E-state index in [0.29, 0.717) is 18.9 Å². The Kier molecular flexibility index (Phi) is 6.78. The second kappa shape index (κ2) is 9.04. The van der Waals surface area contributed by atoms with E-state index < -0.39 is 11.8 Å². The molecular formula is C21H26N2O3. The summed E-state index contributed by atoms with van der Waals surface area (Å²) in [5, 5.41) is 5.38. The number of nitrogens with one attached hydrogen (secondary N) is 2. The van der Waals surface area contributed by atoms with E-state index in [-0.39, 0.29) is 6.04 Å². The van der Waals surface area contributed by atoms with Gasteiger partial charge in [0, 0.05) is 12.1 Å². The summed E-state index contributed by atoms with van der Waals surface area (Å²) < 4.78 is 5.62. The molecule has 0 radical (unpaired) electrons. The van der Waals surface area contributed by atoms with Crippen LogP contribution in [0.1, 0.15) is 42.1 Å². The molecule has 2 amide bonds. The molecule has 0 aliphatic rings. The summed E-state index contributed by atoms with van der Waals surface area (Å²) in [5.74, 6) is -0.595. The van der Waals surface area contributed by atoms with Gasteiger partial charge in [-0.25, -0.2) is 0 Å². The molecule has 0 saturated heterocycles. The van der Waals surface area contributed by atoms with Gasteiger partial charge in [0.25, 0.3) is 0 Å². The molecule has 2 aromatic carbocycles. The fraction of sp³-hybridized carbons (Fsp3) is 0.333. The third-order valence-electron chi connectivity index (χ3n) is 4.06. The van der Waals surface area contributed by atoms with Crippen LogP contribution < -0.4 is 15.4 Å². The molecule has 0 heterocycles. The number of carbonyl (C=O) groups excluding carboxylic acids is 2. The molecule has 0 fully saturated rings. The minimum absolute atomic E-state index is 0.315. The first kappa shape index (κ1) is 19.5. The Bertz CT molecular complexity index is 769. The van der Waals surface area contributed by atoms with E-state index in [0.717, 1.165) is 22.3 Å². The second-order valence-corrected chi connectivity index (χ2v) is 6.34. The van der Waals surface area contributed by atoms with Gasteiger partial charge in [0.2, 0.25) is 0 Å². The van der Waals surface area contributed by atoms with Crippen molar-refractivity contribution in [2.45, 2.75) is 40.3 Å². The second-order valence-electron chi connectivity index (χ2n) is 6.34. The van der Waals surface area contributed by atoms with E-state index in [2.05, 4.69) is 10.6 Å². The Hall–Kier alpha value is -2.82. The predicted octanol–water partition coefficient (Wildman–Crippen LogP) is 3.20. The SMILES string of the molecule is CCOc1ccc(C)cc1C(C)NC(=O)C(=O)NCc1ccc(C)cc1. The van der Waals surface area contributed by atoms with Gasteiger partial charge in [-0.15, -0.1) is 0 Å². The number of ether oxygens (including phenoxy) is 1. The maximum absolute atomic E-state index is 12.2. The van der Waals surface area contributed by atoms with Crippen LogP contribution in [0.5, 0.6) is 5.75 Å². The minimum atomic E-state index is -0.659. The first-order valence-corrected chi connectivity index (χ1v) is 8.78. The molecule has 5 heteroatoms. The van der Waals surface area contributed by atoms with Crippen molar-refractivity contribution in [1.29, 1.82) is 0 Å². The van der Waals surface area contributed by atoms with Crippen molar-refractivity contribution in [2.24, 2.45) is 0 Å². The van der Waals surface area contributed by atoms with Gasteiger partial charge in [0.05, 0.1) is 12.6 Å². The molecule has 2 N–H and O–H groups in total. The van der Waals surface area contributed by atoms with Gasteiger partial charge in [-0.1, -0.05) is 47.5 Å². The van der Waals surface area contributed by atoms with Crippen molar-refractivity contribution < 1.29 is 14.3 Å². The lowest BCUT2D eigenvalue weighted by molar-refractivity contribution is -0.139. The Morgan fingerprint density at radius 2 is 1.65 bits per heavy atom. The van der Waals surface area contributed by atoms with E-state index in [9.17, 15) is 9.59 Å². The highest BCUT2D eigenvalue weighted by atomic mass is 16.5. The maximum atomic E-state index is 12.2. The lowest BCUT2D eigenvalue weighted by Crippen LogP contribution is -2.40. The largest absolute Gasteiger partial charge is 0.494 e. The summed E-state index contributed by atoms with van der Waals surface area (Å²) in [5.41, 5.74) is 4.01. The topological polar surface area (TPSA) is 67.4 Å². The molecule has 0 aromatic heterocycles. The third kappa shape index (κ3) is 5.34. The summed E-state index contributed by atoms with van der Waals surface area (Å²) in [6.07, 6.45) is 0. The van der Waals surface area contributed by atoms with Gasteiger partial charge in [0.15, 0.2) is 0 Å². The van der Waals surface area contributed by atoms with Gasteiger partial charge in [-0.05, 0) is 39.3 Å². The Labute approximate surface area is 154 Å². The molecule has 0 aliphatic heterocycles. The molecule has 0 bridgehead atoms. The number of carbonyl (C=O) groups is 2. The highest BCUT2D eigenvalue weighted by molar-refractivity contribution is 6.35. The van der Waals surface area contributed by atoms with Crippen LogP contribution in [-0.2, 0) is 16.1 Å². The van der Waals surface area contributed by atoms with Crippen LogP contribution in [-0.4, -0.2) is 18.4 Å². The molecule has 2 aromatic rings. The first-order chi connectivity index (χ1) is 12.4. The molecule has 138 valence electrons. The van der Waals surface area contributed by atoms with Crippen LogP contribution in [0, 0.1) is 13.8 Å². The standard InChI is InChI=1S/C21H26N2O3/c1-5-26-19-11-8-15(3)12-18(19)16(4)23-21(25)20(24)22-13-17-9-6-14(2)7-10-17/h6-12,16H,5,13H2,1-4H3,(H,22,24)(H,23,25). The molecule has 0 saturated carbocycles. The van der Waals surface area contributed by atoms with Crippen LogP contribution in [0.3, 0.4) is 0 Å². The van der Waals surface area contributed by atoms with E-state index in [1.807, 2.05) is 70.2 Å². The zero-order valence-corrected chi connectivity index (χ0v) is 15.8. The first-order valence-electron chi connectivity index (χ1n) is 8.78. The summed E-state index contributed by atoms with van der Waals surface area (Å²) in [6.45, 7) is 8.57. The lowest BCUT2D eigenvalue weighted by atomic mass is 10.0. The molecular weight excluding hydrogens is 328 g/mol. The van der Waals surface area contributed by atoms with Crippen molar-refractivity contribution in [3.05, 3.63) is 64.7 Å². The van der Waals surface area contributed by atoms with Crippen molar-refractivity contribution >= 4 is 11.8 Å². The van der Waals surface area contributed by atoms with Crippen LogP contribution in [0.25, 0.3) is 0 Å². The Balaban J connectivity index is 1.96. The van der Waals surface area contributed by atoms with E-state index in [1.54, 1.807) is 0 Å². The van der Waals surface area contributed by atoms with Crippen molar-refractivity contribution in [3.8, 4) is 5.75 Å². The number of hydrogen-bond acceptors (Lipinski definition) is 3. The zero-order chi connectivity index (χ0) is 19.1. The number of amides is 2. The van der Waals surface area contributed by atoms with Crippen LogP contribution >= 0.6 is 0 Å². The predicted molar refractivity (Wildman–Crippen MR) is 102 cm³/mol. The molecule has 2 rings (SSSR count). The van der Waals surface area contributed by atoms with Gasteiger partial charge in [0.1, 0.15) is 5.75 Å².